The predicted octanol–water partition coefficient (Wildman–Crippen LogP) is 1.80. The number of esters is 1. The van der Waals surface area contributed by atoms with Gasteiger partial charge < -0.3 is 4.74 Å². The summed E-state index contributed by atoms with van der Waals surface area (Å²) >= 11 is 0. The van der Waals surface area contributed by atoms with Gasteiger partial charge in [0.1, 0.15) is 5.41 Å². The molecule has 3 heteroatoms. The molecule has 2 bridgehead atoms. The van der Waals surface area contributed by atoms with Gasteiger partial charge in [0.2, 0.25) is 0 Å². The van der Waals surface area contributed by atoms with E-state index in [2.05, 4.69) is 13.8 Å². The first-order valence-electron chi connectivity index (χ1n) is 6.09. The molecule has 0 aromatic carbocycles. The number of ketones is 1. The lowest BCUT2D eigenvalue weighted by molar-refractivity contribution is -0.158. The van der Waals surface area contributed by atoms with Crippen LogP contribution in [0.2, 0.25) is 0 Å². The molecule has 88 valence electrons. The summed E-state index contributed by atoms with van der Waals surface area (Å²) in [5, 5.41) is 0. The number of hydrogen-bond acceptors (Lipinski definition) is 3. The van der Waals surface area contributed by atoms with Crippen LogP contribution in [-0.2, 0) is 14.3 Å². The molecule has 0 N–H and O–H groups in total. The number of fused-ring (bicyclic) bond motifs is 2. The minimum atomic E-state index is -0.737. The molecule has 0 aromatic heterocycles. The largest absolute Gasteiger partial charge is 0.468 e. The van der Waals surface area contributed by atoms with Gasteiger partial charge in [-0.05, 0) is 36.5 Å². The third-order valence-corrected chi connectivity index (χ3v) is 5.11. The first kappa shape index (κ1) is 10.3. The highest BCUT2D eigenvalue weighted by molar-refractivity contribution is 6.10. The maximum absolute atomic E-state index is 12.3. The first-order chi connectivity index (χ1) is 7.46. The smallest absolute Gasteiger partial charge is 0.319 e. The van der Waals surface area contributed by atoms with Crippen LogP contribution in [0.15, 0.2) is 0 Å². The summed E-state index contributed by atoms with van der Waals surface area (Å²) < 4.78 is 4.89. The van der Waals surface area contributed by atoms with Crippen LogP contribution in [0.25, 0.3) is 0 Å². The highest BCUT2D eigenvalue weighted by Gasteiger charge is 2.82. The third-order valence-electron chi connectivity index (χ3n) is 5.11. The number of methoxy groups -OCH3 is 1. The van der Waals surface area contributed by atoms with Crippen molar-refractivity contribution >= 4 is 11.8 Å². The van der Waals surface area contributed by atoms with Crippen LogP contribution in [-0.4, -0.2) is 18.9 Å². The molecular weight excluding hydrogens is 204 g/mol. The summed E-state index contributed by atoms with van der Waals surface area (Å²) in [5.74, 6) is 0.508. The Morgan fingerprint density at radius 1 is 1.38 bits per heavy atom. The highest BCUT2D eigenvalue weighted by atomic mass is 16.5. The van der Waals surface area contributed by atoms with Crippen molar-refractivity contribution in [1.29, 1.82) is 0 Å². The van der Waals surface area contributed by atoms with Crippen molar-refractivity contribution in [2.45, 2.75) is 33.1 Å². The van der Waals surface area contributed by atoms with E-state index in [4.69, 9.17) is 4.74 Å². The van der Waals surface area contributed by atoms with Crippen LogP contribution >= 0.6 is 0 Å². The molecule has 0 aromatic rings. The van der Waals surface area contributed by atoms with E-state index in [-0.39, 0.29) is 34.9 Å². The SMILES string of the molecule is COC(=O)C12C(=O)C3CCC1C2C(C)(C)C3. The van der Waals surface area contributed by atoms with Crippen LogP contribution in [0.1, 0.15) is 33.1 Å². The number of carbonyl (C=O) groups excluding carboxylic acids is 2. The predicted molar refractivity (Wildman–Crippen MR) is 57.6 cm³/mol. The van der Waals surface area contributed by atoms with Gasteiger partial charge in [0, 0.05) is 5.92 Å². The zero-order chi connectivity index (χ0) is 11.7. The maximum Gasteiger partial charge on any atom is 0.319 e. The minimum absolute atomic E-state index is 0.101. The van der Waals surface area contributed by atoms with Crippen molar-refractivity contribution < 1.29 is 14.3 Å². The summed E-state index contributed by atoms with van der Waals surface area (Å²) in [6.45, 7) is 4.39. The molecule has 0 aliphatic heterocycles. The van der Waals surface area contributed by atoms with Gasteiger partial charge in [0.25, 0.3) is 0 Å². The number of rotatable bonds is 1. The number of carbonyl (C=O) groups is 2. The molecule has 3 rings (SSSR count). The Morgan fingerprint density at radius 3 is 2.69 bits per heavy atom. The third kappa shape index (κ3) is 0.871. The highest BCUT2D eigenvalue weighted by Crippen LogP contribution is 2.76. The first-order valence-corrected chi connectivity index (χ1v) is 6.09. The quantitative estimate of drug-likeness (QED) is 0.502. The second-order valence-electron chi connectivity index (χ2n) is 6.28. The molecule has 4 atom stereocenters. The Kier molecular flexibility index (Phi) is 1.73. The zero-order valence-corrected chi connectivity index (χ0v) is 10.1. The lowest BCUT2D eigenvalue weighted by Crippen LogP contribution is -2.44. The Bertz CT molecular complexity index is 385. The van der Waals surface area contributed by atoms with Gasteiger partial charge in [-0.25, -0.2) is 0 Å². The van der Waals surface area contributed by atoms with E-state index in [1.165, 1.54) is 7.11 Å². The molecule has 3 aliphatic carbocycles. The van der Waals surface area contributed by atoms with Gasteiger partial charge in [-0.1, -0.05) is 13.8 Å². The van der Waals surface area contributed by atoms with E-state index < -0.39 is 5.41 Å². The van der Waals surface area contributed by atoms with Crippen molar-refractivity contribution in [3.05, 3.63) is 0 Å². The summed E-state index contributed by atoms with van der Waals surface area (Å²) in [7, 11) is 1.40. The van der Waals surface area contributed by atoms with Crippen LogP contribution in [0.5, 0.6) is 0 Å². The fourth-order valence-corrected chi connectivity index (χ4v) is 4.71. The fourth-order valence-electron chi connectivity index (χ4n) is 4.71. The molecule has 0 spiro atoms. The molecule has 0 heterocycles. The van der Waals surface area contributed by atoms with E-state index in [9.17, 15) is 9.59 Å². The molecule has 0 radical (unpaired) electrons. The molecular formula is C13H18O3. The monoisotopic (exact) mass is 222 g/mol. The van der Waals surface area contributed by atoms with Crippen molar-refractivity contribution in [3.8, 4) is 0 Å². The van der Waals surface area contributed by atoms with Gasteiger partial charge >= 0.3 is 5.97 Å². The van der Waals surface area contributed by atoms with E-state index in [1.807, 2.05) is 0 Å². The van der Waals surface area contributed by atoms with E-state index in [1.54, 1.807) is 0 Å². The maximum atomic E-state index is 12.3. The molecule has 3 saturated carbocycles. The summed E-state index contributed by atoms with van der Waals surface area (Å²) in [6.07, 6.45) is 2.95. The average Bonchev–Trinajstić information content (AvgIpc) is 2.94. The van der Waals surface area contributed by atoms with E-state index >= 15 is 0 Å². The summed E-state index contributed by atoms with van der Waals surface area (Å²) in [4.78, 5) is 24.3. The summed E-state index contributed by atoms with van der Waals surface area (Å²) in [6, 6.07) is 0. The van der Waals surface area contributed by atoms with Gasteiger partial charge in [-0.3, -0.25) is 9.59 Å². The average molecular weight is 222 g/mol. The van der Waals surface area contributed by atoms with Crippen molar-refractivity contribution in [1.82, 2.24) is 0 Å². The van der Waals surface area contributed by atoms with Crippen LogP contribution in [0.4, 0.5) is 0 Å². The van der Waals surface area contributed by atoms with Gasteiger partial charge in [-0.2, -0.15) is 0 Å². The lowest BCUT2D eigenvalue weighted by Gasteiger charge is -2.37. The van der Waals surface area contributed by atoms with Crippen LogP contribution in [0.3, 0.4) is 0 Å². The second-order valence-corrected chi connectivity index (χ2v) is 6.28. The van der Waals surface area contributed by atoms with Crippen LogP contribution < -0.4 is 0 Å². The van der Waals surface area contributed by atoms with Crippen molar-refractivity contribution in [2.75, 3.05) is 7.11 Å². The second kappa shape index (κ2) is 2.69. The topological polar surface area (TPSA) is 43.4 Å². The van der Waals surface area contributed by atoms with E-state index in [0.717, 1.165) is 19.3 Å². The summed E-state index contributed by atoms with van der Waals surface area (Å²) in [5.41, 5.74) is -0.618. The van der Waals surface area contributed by atoms with Crippen LogP contribution in [0, 0.1) is 28.6 Å². The van der Waals surface area contributed by atoms with Crippen molar-refractivity contribution in [2.24, 2.45) is 28.6 Å². The van der Waals surface area contributed by atoms with Crippen molar-refractivity contribution in [3.63, 3.8) is 0 Å². The molecule has 4 unspecified atom stereocenters. The Hall–Kier alpha value is -0.860. The molecule has 3 fully saturated rings. The minimum Gasteiger partial charge on any atom is -0.468 e. The number of ether oxygens (including phenoxy) is 1. The molecule has 3 nitrogen and oxygen atoms in total. The Morgan fingerprint density at radius 2 is 2.06 bits per heavy atom. The standard InChI is InChI=1S/C13H18O3/c1-12(2)6-7-4-5-8-9(12)13(8,10(7)14)11(15)16-3/h7-9H,4-6H2,1-3H3. The lowest BCUT2D eigenvalue weighted by atomic mass is 9.65. The molecule has 3 aliphatic rings. The number of hydrogen-bond donors (Lipinski definition) is 0. The normalized spacial score (nSPS) is 47.4. The number of Topliss-reactive ketones (excluding diaryl/α,β-unsaturated/α-hetero) is 1. The van der Waals surface area contributed by atoms with Gasteiger partial charge in [0.15, 0.2) is 5.78 Å². The fraction of sp³-hybridized carbons (Fsp3) is 0.846. The zero-order valence-electron chi connectivity index (χ0n) is 10.1. The van der Waals surface area contributed by atoms with Gasteiger partial charge in [-0.15, -0.1) is 0 Å². The molecule has 0 amide bonds. The van der Waals surface area contributed by atoms with Gasteiger partial charge in [0.05, 0.1) is 7.11 Å². The molecule has 16 heavy (non-hydrogen) atoms. The Labute approximate surface area is 95.5 Å². The molecule has 0 saturated heterocycles. The van der Waals surface area contributed by atoms with E-state index in [0.29, 0.717) is 0 Å². The Balaban J connectivity index is 2.08.